The van der Waals surface area contributed by atoms with Crippen molar-refractivity contribution < 1.29 is 0 Å². The van der Waals surface area contributed by atoms with Gasteiger partial charge in [-0.3, -0.25) is 0 Å². The van der Waals surface area contributed by atoms with E-state index in [2.05, 4.69) is 24.1 Å². The molecule has 2 aliphatic heterocycles. The minimum Gasteiger partial charge on any atom is -0.313 e. The highest BCUT2D eigenvalue weighted by atomic mass is 15.2. The fourth-order valence-electron chi connectivity index (χ4n) is 3.17. The molecule has 0 aromatic heterocycles. The zero-order chi connectivity index (χ0) is 9.97. The minimum atomic E-state index is 0.785. The van der Waals surface area contributed by atoms with Gasteiger partial charge in [-0.2, -0.15) is 0 Å². The van der Waals surface area contributed by atoms with Crippen LogP contribution in [0.25, 0.3) is 0 Å². The Balaban J connectivity index is 1.78. The summed E-state index contributed by atoms with van der Waals surface area (Å²) in [6.45, 7) is 9.96. The van der Waals surface area contributed by atoms with E-state index in [1.165, 1.54) is 45.4 Å². The van der Waals surface area contributed by atoms with Crippen LogP contribution in [0.4, 0.5) is 0 Å². The molecule has 2 nitrogen and oxygen atoms in total. The molecule has 0 saturated carbocycles. The molecule has 2 heteroatoms. The standard InChI is InChI=1S/C12H24N2/c1-10-6-11(2)8-14(7-10)9-12-4-3-5-13-12/h10-13H,3-9H2,1-2H3/t10?,11?,12-/m0/s1. The summed E-state index contributed by atoms with van der Waals surface area (Å²) in [6.07, 6.45) is 4.19. The van der Waals surface area contributed by atoms with Gasteiger partial charge in [0.2, 0.25) is 0 Å². The fraction of sp³-hybridized carbons (Fsp3) is 1.00. The van der Waals surface area contributed by atoms with Gasteiger partial charge in [-0.25, -0.2) is 0 Å². The first kappa shape index (κ1) is 10.4. The lowest BCUT2D eigenvalue weighted by Crippen LogP contribution is -2.44. The molecule has 1 N–H and O–H groups in total. The average molecular weight is 196 g/mol. The number of rotatable bonds is 2. The van der Waals surface area contributed by atoms with E-state index in [0.29, 0.717) is 0 Å². The third-order valence-electron chi connectivity index (χ3n) is 3.59. The van der Waals surface area contributed by atoms with Crippen molar-refractivity contribution in [2.24, 2.45) is 11.8 Å². The van der Waals surface area contributed by atoms with Gasteiger partial charge < -0.3 is 10.2 Å². The largest absolute Gasteiger partial charge is 0.313 e. The van der Waals surface area contributed by atoms with Crippen LogP contribution in [0, 0.1) is 11.8 Å². The number of piperidine rings is 1. The second-order valence-corrected chi connectivity index (χ2v) is 5.46. The molecule has 0 aromatic rings. The third kappa shape index (κ3) is 2.71. The summed E-state index contributed by atoms with van der Waals surface area (Å²) in [6, 6.07) is 0.785. The molecular weight excluding hydrogens is 172 g/mol. The van der Waals surface area contributed by atoms with E-state index in [-0.39, 0.29) is 0 Å². The van der Waals surface area contributed by atoms with E-state index in [1.807, 2.05) is 0 Å². The summed E-state index contributed by atoms with van der Waals surface area (Å²) in [7, 11) is 0. The Morgan fingerprint density at radius 1 is 1.21 bits per heavy atom. The van der Waals surface area contributed by atoms with Gasteiger partial charge in [0.25, 0.3) is 0 Å². The fourth-order valence-corrected chi connectivity index (χ4v) is 3.17. The predicted octanol–water partition coefficient (Wildman–Crippen LogP) is 1.72. The Morgan fingerprint density at radius 2 is 1.93 bits per heavy atom. The Kier molecular flexibility index (Phi) is 3.45. The van der Waals surface area contributed by atoms with Crippen molar-refractivity contribution in [2.75, 3.05) is 26.2 Å². The molecule has 2 heterocycles. The monoisotopic (exact) mass is 196 g/mol. The molecule has 0 radical (unpaired) electrons. The molecule has 0 aliphatic carbocycles. The Bertz CT molecular complexity index is 165. The van der Waals surface area contributed by atoms with Crippen molar-refractivity contribution in [1.29, 1.82) is 0 Å². The third-order valence-corrected chi connectivity index (χ3v) is 3.59. The van der Waals surface area contributed by atoms with Crippen LogP contribution in [-0.2, 0) is 0 Å². The van der Waals surface area contributed by atoms with Gasteiger partial charge in [-0.15, -0.1) is 0 Å². The van der Waals surface area contributed by atoms with E-state index in [4.69, 9.17) is 0 Å². The Hall–Kier alpha value is -0.0800. The number of nitrogens with zero attached hydrogens (tertiary/aromatic N) is 1. The van der Waals surface area contributed by atoms with Crippen molar-refractivity contribution in [3.63, 3.8) is 0 Å². The Labute approximate surface area is 88.1 Å². The van der Waals surface area contributed by atoms with E-state index in [1.54, 1.807) is 0 Å². The van der Waals surface area contributed by atoms with Gasteiger partial charge in [0.05, 0.1) is 0 Å². The summed E-state index contributed by atoms with van der Waals surface area (Å²) in [5, 5.41) is 3.59. The van der Waals surface area contributed by atoms with Crippen LogP contribution in [-0.4, -0.2) is 37.1 Å². The summed E-state index contributed by atoms with van der Waals surface area (Å²) in [5.41, 5.74) is 0. The van der Waals surface area contributed by atoms with Crippen LogP contribution < -0.4 is 5.32 Å². The van der Waals surface area contributed by atoms with E-state index in [9.17, 15) is 0 Å². The second kappa shape index (κ2) is 4.63. The lowest BCUT2D eigenvalue weighted by molar-refractivity contribution is 0.131. The second-order valence-electron chi connectivity index (χ2n) is 5.46. The topological polar surface area (TPSA) is 15.3 Å². The van der Waals surface area contributed by atoms with Crippen molar-refractivity contribution in [3.8, 4) is 0 Å². The molecule has 0 aromatic carbocycles. The van der Waals surface area contributed by atoms with Gasteiger partial charge >= 0.3 is 0 Å². The minimum absolute atomic E-state index is 0.785. The maximum Gasteiger partial charge on any atom is 0.0195 e. The van der Waals surface area contributed by atoms with E-state index in [0.717, 1.165) is 17.9 Å². The molecule has 14 heavy (non-hydrogen) atoms. The smallest absolute Gasteiger partial charge is 0.0195 e. The molecule has 0 amide bonds. The van der Waals surface area contributed by atoms with Gasteiger partial charge in [0.15, 0.2) is 0 Å². The highest BCUT2D eigenvalue weighted by Gasteiger charge is 2.24. The van der Waals surface area contributed by atoms with Crippen molar-refractivity contribution in [3.05, 3.63) is 0 Å². The summed E-state index contributed by atoms with van der Waals surface area (Å²) in [5.74, 6) is 1.81. The number of hydrogen-bond acceptors (Lipinski definition) is 2. The first-order valence-electron chi connectivity index (χ1n) is 6.20. The van der Waals surface area contributed by atoms with Crippen LogP contribution in [0.5, 0.6) is 0 Å². The van der Waals surface area contributed by atoms with Crippen molar-refractivity contribution in [2.45, 2.75) is 39.2 Å². The van der Waals surface area contributed by atoms with Gasteiger partial charge in [-0.05, 0) is 37.6 Å². The molecule has 3 atom stereocenters. The normalized spacial score (nSPS) is 40.3. The van der Waals surface area contributed by atoms with Gasteiger partial charge in [0, 0.05) is 25.7 Å². The maximum atomic E-state index is 3.59. The lowest BCUT2D eigenvalue weighted by atomic mass is 9.91. The highest BCUT2D eigenvalue weighted by Crippen LogP contribution is 2.21. The van der Waals surface area contributed by atoms with Gasteiger partial charge in [0.1, 0.15) is 0 Å². The zero-order valence-corrected chi connectivity index (χ0v) is 9.63. The predicted molar refractivity (Wildman–Crippen MR) is 60.4 cm³/mol. The molecule has 2 unspecified atom stereocenters. The quantitative estimate of drug-likeness (QED) is 0.723. The van der Waals surface area contributed by atoms with Crippen LogP contribution in [0.3, 0.4) is 0 Å². The van der Waals surface area contributed by atoms with Crippen LogP contribution >= 0.6 is 0 Å². The summed E-state index contributed by atoms with van der Waals surface area (Å²) < 4.78 is 0. The summed E-state index contributed by atoms with van der Waals surface area (Å²) in [4.78, 5) is 2.67. The first-order valence-corrected chi connectivity index (χ1v) is 6.20. The van der Waals surface area contributed by atoms with Crippen LogP contribution in [0.15, 0.2) is 0 Å². The van der Waals surface area contributed by atoms with Crippen molar-refractivity contribution >= 4 is 0 Å². The zero-order valence-electron chi connectivity index (χ0n) is 9.63. The van der Waals surface area contributed by atoms with Crippen LogP contribution in [0.2, 0.25) is 0 Å². The first-order chi connectivity index (χ1) is 6.74. The van der Waals surface area contributed by atoms with Crippen molar-refractivity contribution in [1.82, 2.24) is 10.2 Å². The van der Waals surface area contributed by atoms with E-state index < -0.39 is 0 Å². The van der Waals surface area contributed by atoms with E-state index >= 15 is 0 Å². The molecule has 2 rings (SSSR count). The molecule has 82 valence electrons. The lowest BCUT2D eigenvalue weighted by Gasteiger charge is -2.36. The number of hydrogen-bond donors (Lipinski definition) is 1. The summed E-state index contributed by atoms with van der Waals surface area (Å²) >= 11 is 0. The SMILES string of the molecule is CC1CC(C)CN(C[C@@H]2CCCN2)C1. The molecule has 0 spiro atoms. The molecular formula is C12H24N2. The number of nitrogens with one attached hydrogen (secondary N) is 1. The highest BCUT2D eigenvalue weighted by molar-refractivity contribution is 4.82. The molecule has 2 aliphatic rings. The average Bonchev–Trinajstić information content (AvgIpc) is 2.54. The maximum absolute atomic E-state index is 3.59. The Morgan fingerprint density at radius 3 is 2.50 bits per heavy atom. The van der Waals surface area contributed by atoms with Gasteiger partial charge in [-0.1, -0.05) is 13.8 Å². The van der Waals surface area contributed by atoms with Crippen LogP contribution in [0.1, 0.15) is 33.1 Å². The molecule has 2 saturated heterocycles. The molecule has 0 bridgehead atoms. The number of likely N-dealkylation sites (tertiary alicyclic amines) is 1. The molecule has 2 fully saturated rings.